The van der Waals surface area contributed by atoms with E-state index in [1.54, 1.807) is 0 Å². The maximum absolute atomic E-state index is 11.0. The van der Waals surface area contributed by atoms with Gasteiger partial charge in [0.1, 0.15) is 0 Å². The molecule has 0 aromatic rings. The first-order valence-corrected chi connectivity index (χ1v) is 6.20. The van der Waals surface area contributed by atoms with E-state index in [1.165, 1.54) is 0 Å². The van der Waals surface area contributed by atoms with E-state index in [9.17, 15) is 4.79 Å². The molecule has 0 saturated heterocycles. The Morgan fingerprint density at radius 3 is 2.19 bits per heavy atom. The fourth-order valence-electron chi connectivity index (χ4n) is 2.22. The van der Waals surface area contributed by atoms with Gasteiger partial charge in [-0.1, -0.05) is 27.7 Å². The first-order chi connectivity index (χ1) is 7.32. The molecule has 3 heteroatoms. The van der Waals surface area contributed by atoms with Gasteiger partial charge in [0.25, 0.3) is 0 Å². The molecular formula is C13H24O3. The quantitative estimate of drug-likeness (QED) is 0.804. The Hall–Kier alpha value is -0.570. The maximum atomic E-state index is 11.0. The number of hydrogen-bond acceptors (Lipinski definition) is 2. The van der Waals surface area contributed by atoms with Crippen molar-refractivity contribution in [3.8, 4) is 0 Å². The molecule has 1 atom stereocenters. The molecule has 3 nitrogen and oxygen atoms in total. The van der Waals surface area contributed by atoms with E-state index in [0.29, 0.717) is 5.41 Å². The minimum Gasteiger partial charge on any atom is -0.479 e. The van der Waals surface area contributed by atoms with Crippen molar-refractivity contribution in [1.82, 2.24) is 0 Å². The van der Waals surface area contributed by atoms with Crippen molar-refractivity contribution in [3.05, 3.63) is 0 Å². The Bertz CT molecular complexity index is 236. The van der Waals surface area contributed by atoms with Gasteiger partial charge in [-0.15, -0.1) is 0 Å². The van der Waals surface area contributed by atoms with Crippen LogP contribution in [0.4, 0.5) is 0 Å². The van der Waals surface area contributed by atoms with E-state index in [-0.39, 0.29) is 12.0 Å². The molecule has 1 saturated carbocycles. The number of aliphatic carboxylic acids is 1. The third kappa shape index (κ3) is 3.78. The minimum absolute atomic E-state index is 0.0347. The lowest BCUT2D eigenvalue weighted by atomic mass is 9.76. The van der Waals surface area contributed by atoms with Gasteiger partial charge in [0.15, 0.2) is 6.10 Å². The van der Waals surface area contributed by atoms with Crippen LogP contribution in [0.3, 0.4) is 0 Å². The van der Waals surface area contributed by atoms with E-state index in [4.69, 9.17) is 9.84 Å². The molecule has 1 fully saturated rings. The highest BCUT2D eigenvalue weighted by Gasteiger charge is 2.31. The van der Waals surface area contributed by atoms with Crippen molar-refractivity contribution in [2.75, 3.05) is 0 Å². The molecule has 0 amide bonds. The molecule has 0 aromatic heterocycles. The van der Waals surface area contributed by atoms with Crippen LogP contribution in [0, 0.1) is 11.3 Å². The summed E-state index contributed by atoms with van der Waals surface area (Å²) in [6.07, 6.45) is 3.72. The Morgan fingerprint density at radius 2 is 1.81 bits per heavy atom. The van der Waals surface area contributed by atoms with Crippen LogP contribution in [0.2, 0.25) is 0 Å². The zero-order valence-electron chi connectivity index (χ0n) is 10.8. The first kappa shape index (κ1) is 13.5. The van der Waals surface area contributed by atoms with E-state index in [1.807, 2.05) is 13.8 Å². The molecule has 1 rings (SSSR count). The van der Waals surface area contributed by atoms with Crippen LogP contribution < -0.4 is 0 Å². The van der Waals surface area contributed by atoms with Crippen molar-refractivity contribution in [3.63, 3.8) is 0 Å². The van der Waals surface area contributed by atoms with Crippen LogP contribution >= 0.6 is 0 Å². The fourth-order valence-corrected chi connectivity index (χ4v) is 2.22. The summed E-state index contributed by atoms with van der Waals surface area (Å²) in [5, 5.41) is 9.05. The topological polar surface area (TPSA) is 46.5 Å². The molecule has 0 spiro atoms. The van der Waals surface area contributed by atoms with Gasteiger partial charge in [0.2, 0.25) is 0 Å². The molecule has 1 aliphatic rings. The van der Waals surface area contributed by atoms with Crippen molar-refractivity contribution in [1.29, 1.82) is 0 Å². The van der Waals surface area contributed by atoms with Gasteiger partial charge < -0.3 is 9.84 Å². The molecule has 1 aliphatic carbocycles. The summed E-state index contributed by atoms with van der Waals surface area (Å²) in [6.45, 7) is 8.32. The summed E-state index contributed by atoms with van der Waals surface area (Å²) in [6, 6.07) is 0. The predicted molar refractivity (Wildman–Crippen MR) is 63.4 cm³/mol. The van der Waals surface area contributed by atoms with Crippen molar-refractivity contribution in [2.45, 2.75) is 65.6 Å². The number of carbonyl (C=O) groups is 1. The Balaban J connectivity index is 2.46. The summed E-state index contributed by atoms with van der Waals surface area (Å²) in [7, 11) is 0. The van der Waals surface area contributed by atoms with Gasteiger partial charge >= 0.3 is 5.97 Å². The summed E-state index contributed by atoms with van der Waals surface area (Å²) in [5.74, 6) is -0.799. The van der Waals surface area contributed by atoms with E-state index < -0.39 is 12.1 Å². The highest BCUT2D eigenvalue weighted by Crippen LogP contribution is 2.36. The van der Waals surface area contributed by atoms with Gasteiger partial charge in [-0.25, -0.2) is 4.79 Å². The van der Waals surface area contributed by atoms with Crippen LogP contribution in [0.15, 0.2) is 0 Å². The zero-order chi connectivity index (χ0) is 12.3. The predicted octanol–water partition coefficient (Wildman–Crippen LogP) is 3.08. The highest BCUT2D eigenvalue weighted by molar-refractivity contribution is 5.72. The van der Waals surface area contributed by atoms with Crippen LogP contribution in [0.25, 0.3) is 0 Å². The number of rotatable bonds is 4. The van der Waals surface area contributed by atoms with Crippen molar-refractivity contribution < 1.29 is 14.6 Å². The molecule has 0 radical (unpaired) electrons. The molecule has 1 unspecified atom stereocenters. The highest BCUT2D eigenvalue weighted by atomic mass is 16.5. The zero-order valence-corrected chi connectivity index (χ0v) is 10.8. The van der Waals surface area contributed by atoms with E-state index >= 15 is 0 Å². The number of carboxylic acid groups (broad SMARTS) is 1. The molecule has 0 aromatic carbocycles. The lowest BCUT2D eigenvalue weighted by Gasteiger charge is -2.35. The standard InChI is InChI=1S/C13H24O3/c1-9(2)11(12(14)15)16-10-5-7-13(3,4)8-6-10/h9-11H,5-8H2,1-4H3,(H,14,15). The second-order valence-corrected chi connectivity index (χ2v) is 6.00. The molecular weight excluding hydrogens is 204 g/mol. The lowest BCUT2D eigenvalue weighted by Crippen LogP contribution is -2.36. The molecule has 16 heavy (non-hydrogen) atoms. The lowest BCUT2D eigenvalue weighted by molar-refractivity contribution is -0.160. The Labute approximate surface area is 98.2 Å². The van der Waals surface area contributed by atoms with Crippen LogP contribution in [0.1, 0.15) is 53.4 Å². The molecule has 0 heterocycles. The summed E-state index contributed by atoms with van der Waals surface area (Å²) < 4.78 is 5.71. The number of carboxylic acids is 1. The summed E-state index contributed by atoms with van der Waals surface area (Å²) in [4.78, 5) is 11.0. The van der Waals surface area contributed by atoms with Gasteiger partial charge in [-0.05, 0) is 37.0 Å². The largest absolute Gasteiger partial charge is 0.479 e. The summed E-state index contributed by atoms with van der Waals surface area (Å²) >= 11 is 0. The van der Waals surface area contributed by atoms with Crippen LogP contribution in [-0.4, -0.2) is 23.3 Å². The van der Waals surface area contributed by atoms with Gasteiger partial charge in [0, 0.05) is 0 Å². The minimum atomic E-state index is -0.833. The van der Waals surface area contributed by atoms with Crippen molar-refractivity contribution >= 4 is 5.97 Å². The Morgan fingerprint density at radius 1 is 1.31 bits per heavy atom. The second-order valence-electron chi connectivity index (χ2n) is 6.00. The molecule has 0 bridgehead atoms. The SMILES string of the molecule is CC(C)C(OC1CCC(C)(C)CC1)C(=O)O. The van der Waals surface area contributed by atoms with Gasteiger partial charge in [0.05, 0.1) is 6.10 Å². The average molecular weight is 228 g/mol. The van der Waals surface area contributed by atoms with Gasteiger partial charge in [-0.3, -0.25) is 0 Å². The number of ether oxygens (including phenoxy) is 1. The van der Waals surface area contributed by atoms with E-state index in [0.717, 1.165) is 25.7 Å². The third-order valence-electron chi connectivity index (χ3n) is 3.47. The van der Waals surface area contributed by atoms with Gasteiger partial charge in [-0.2, -0.15) is 0 Å². The van der Waals surface area contributed by atoms with Crippen LogP contribution in [-0.2, 0) is 9.53 Å². The van der Waals surface area contributed by atoms with Crippen LogP contribution in [0.5, 0.6) is 0 Å². The van der Waals surface area contributed by atoms with E-state index in [2.05, 4.69) is 13.8 Å². The number of hydrogen-bond donors (Lipinski definition) is 1. The normalized spacial score (nSPS) is 23.3. The smallest absolute Gasteiger partial charge is 0.333 e. The first-order valence-electron chi connectivity index (χ1n) is 6.20. The molecule has 94 valence electrons. The third-order valence-corrected chi connectivity index (χ3v) is 3.47. The monoisotopic (exact) mass is 228 g/mol. The molecule has 0 aliphatic heterocycles. The van der Waals surface area contributed by atoms with Crippen molar-refractivity contribution in [2.24, 2.45) is 11.3 Å². The fraction of sp³-hybridized carbons (Fsp3) is 0.923. The second kappa shape index (κ2) is 5.17. The summed E-state index contributed by atoms with van der Waals surface area (Å²) in [5.41, 5.74) is 0.399. The molecule has 1 N–H and O–H groups in total. The maximum Gasteiger partial charge on any atom is 0.333 e. The Kier molecular flexibility index (Phi) is 4.36. The average Bonchev–Trinajstić information content (AvgIpc) is 2.15.